The van der Waals surface area contributed by atoms with E-state index in [1.165, 1.54) is 7.11 Å². The van der Waals surface area contributed by atoms with Crippen LogP contribution in [0.1, 0.15) is 5.56 Å². The maximum absolute atomic E-state index is 12.2. The number of likely N-dealkylation sites (N-methyl/N-ethyl adjacent to an activating group) is 1. The van der Waals surface area contributed by atoms with Crippen LogP contribution < -0.4 is 4.74 Å². The summed E-state index contributed by atoms with van der Waals surface area (Å²) >= 11 is 0. The highest BCUT2D eigenvalue weighted by Gasteiger charge is 2.40. The number of nitrogens with zero attached hydrogens (tertiary/aromatic N) is 1. The van der Waals surface area contributed by atoms with Gasteiger partial charge in [-0.15, -0.1) is 0 Å². The lowest BCUT2D eigenvalue weighted by molar-refractivity contribution is -0.184. The van der Waals surface area contributed by atoms with E-state index in [1.807, 2.05) is 0 Å². The predicted octanol–water partition coefficient (Wildman–Crippen LogP) is 2.26. The second-order valence-corrected chi connectivity index (χ2v) is 3.79. The highest BCUT2D eigenvalue weighted by atomic mass is 19.4. The first-order chi connectivity index (χ1) is 8.36. The summed E-state index contributed by atoms with van der Waals surface area (Å²) < 4.78 is 41.5. The predicted molar refractivity (Wildman–Crippen MR) is 60.4 cm³/mol. The zero-order valence-electron chi connectivity index (χ0n) is 10.1. The normalized spacial score (nSPS) is 11.2. The molecule has 0 unspecified atom stereocenters. The molecule has 0 N–H and O–H groups in total. The lowest BCUT2D eigenvalue weighted by Crippen LogP contribution is -2.39. The van der Waals surface area contributed by atoms with Crippen molar-refractivity contribution < 1.29 is 22.7 Å². The Bertz CT molecular complexity index is 418. The Labute approximate surface area is 103 Å². The molecule has 0 aliphatic heterocycles. The molecule has 1 rings (SSSR count). The van der Waals surface area contributed by atoms with E-state index in [4.69, 9.17) is 4.74 Å². The van der Waals surface area contributed by atoms with Gasteiger partial charge >= 0.3 is 12.1 Å². The third-order valence-corrected chi connectivity index (χ3v) is 2.50. The van der Waals surface area contributed by atoms with Gasteiger partial charge in [0.05, 0.1) is 7.11 Å². The summed E-state index contributed by atoms with van der Waals surface area (Å²) in [4.78, 5) is 11.6. The number of amides is 1. The fraction of sp³-hybridized carbons (Fsp3) is 0.417. The van der Waals surface area contributed by atoms with Crippen LogP contribution in [0.25, 0.3) is 0 Å². The summed E-state index contributed by atoms with van der Waals surface area (Å²) in [6, 6.07) is 7.02. The molecule has 6 heteroatoms. The smallest absolute Gasteiger partial charge is 0.471 e. The van der Waals surface area contributed by atoms with Crippen molar-refractivity contribution in [3.8, 4) is 5.75 Å². The van der Waals surface area contributed by atoms with Gasteiger partial charge in [-0.25, -0.2) is 0 Å². The van der Waals surface area contributed by atoms with Crippen molar-refractivity contribution >= 4 is 5.91 Å². The third-order valence-electron chi connectivity index (χ3n) is 2.50. The minimum atomic E-state index is -4.82. The van der Waals surface area contributed by atoms with E-state index in [-0.39, 0.29) is 6.54 Å². The number of para-hydroxylation sites is 1. The maximum atomic E-state index is 12.2. The molecule has 0 heterocycles. The lowest BCUT2D eigenvalue weighted by Gasteiger charge is -2.19. The van der Waals surface area contributed by atoms with Gasteiger partial charge in [0, 0.05) is 13.6 Å². The molecule has 1 aromatic rings. The number of ether oxygens (including phenoxy) is 1. The molecule has 0 aliphatic rings. The minimum absolute atomic E-state index is 0.0152. The van der Waals surface area contributed by atoms with Gasteiger partial charge in [0.1, 0.15) is 5.75 Å². The van der Waals surface area contributed by atoms with Gasteiger partial charge in [-0.05, 0) is 18.1 Å². The first kappa shape index (κ1) is 14.3. The summed E-state index contributed by atoms with van der Waals surface area (Å²) in [7, 11) is 2.62. The first-order valence-corrected chi connectivity index (χ1v) is 5.30. The van der Waals surface area contributed by atoms with Crippen LogP contribution in [-0.2, 0) is 11.2 Å². The van der Waals surface area contributed by atoms with Crippen molar-refractivity contribution in [2.45, 2.75) is 12.6 Å². The van der Waals surface area contributed by atoms with Crippen molar-refractivity contribution in [3.05, 3.63) is 29.8 Å². The molecule has 0 bridgehead atoms. The maximum Gasteiger partial charge on any atom is 0.471 e. The largest absolute Gasteiger partial charge is 0.496 e. The summed E-state index contributed by atoms with van der Waals surface area (Å²) in [5, 5.41) is 0. The Balaban J connectivity index is 2.63. The summed E-state index contributed by atoms with van der Waals surface area (Å²) in [5.74, 6) is -1.23. The molecular weight excluding hydrogens is 247 g/mol. The lowest BCUT2D eigenvalue weighted by atomic mass is 10.1. The van der Waals surface area contributed by atoms with E-state index in [0.717, 1.165) is 12.6 Å². The highest BCUT2D eigenvalue weighted by molar-refractivity contribution is 5.81. The van der Waals surface area contributed by atoms with E-state index in [2.05, 4.69) is 0 Å². The first-order valence-electron chi connectivity index (χ1n) is 5.30. The number of carbonyl (C=O) groups is 1. The van der Waals surface area contributed by atoms with E-state index >= 15 is 0 Å². The molecule has 0 atom stereocenters. The molecule has 100 valence electrons. The number of hydrogen-bond donors (Lipinski definition) is 0. The zero-order valence-corrected chi connectivity index (χ0v) is 10.1. The fourth-order valence-corrected chi connectivity index (χ4v) is 1.52. The Kier molecular flexibility index (Phi) is 4.58. The fourth-order valence-electron chi connectivity index (χ4n) is 1.52. The van der Waals surface area contributed by atoms with Crippen molar-refractivity contribution in [2.24, 2.45) is 0 Å². The molecular formula is C12H14F3NO2. The number of benzene rings is 1. The van der Waals surface area contributed by atoms with Crippen LogP contribution in [0.5, 0.6) is 5.75 Å². The van der Waals surface area contributed by atoms with E-state index < -0.39 is 12.1 Å². The van der Waals surface area contributed by atoms with E-state index in [1.54, 1.807) is 24.3 Å². The molecule has 0 aromatic heterocycles. The number of hydrogen-bond acceptors (Lipinski definition) is 2. The van der Waals surface area contributed by atoms with E-state index in [0.29, 0.717) is 17.1 Å². The van der Waals surface area contributed by atoms with Crippen molar-refractivity contribution in [3.63, 3.8) is 0 Å². The van der Waals surface area contributed by atoms with Crippen LogP contribution in [0.15, 0.2) is 24.3 Å². The minimum Gasteiger partial charge on any atom is -0.496 e. The highest BCUT2D eigenvalue weighted by Crippen LogP contribution is 2.20. The Morgan fingerprint density at radius 2 is 1.94 bits per heavy atom. The molecule has 1 aromatic carbocycles. The number of alkyl halides is 3. The third kappa shape index (κ3) is 3.65. The van der Waals surface area contributed by atoms with Gasteiger partial charge in [-0.2, -0.15) is 13.2 Å². The van der Waals surface area contributed by atoms with Crippen molar-refractivity contribution in [2.75, 3.05) is 20.7 Å². The zero-order chi connectivity index (χ0) is 13.8. The second-order valence-electron chi connectivity index (χ2n) is 3.79. The van der Waals surface area contributed by atoms with E-state index in [9.17, 15) is 18.0 Å². The van der Waals surface area contributed by atoms with Gasteiger partial charge in [0.2, 0.25) is 0 Å². The Hall–Kier alpha value is -1.72. The SMILES string of the molecule is COc1ccccc1CCN(C)C(=O)C(F)(F)F. The molecule has 18 heavy (non-hydrogen) atoms. The van der Waals surface area contributed by atoms with Crippen molar-refractivity contribution in [1.29, 1.82) is 0 Å². The molecule has 0 spiro atoms. The molecule has 1 amide bonds. The number of rotatable bonds is 4. The number of methoxy groups -OCH3 is 1. The van der Waals surface area contributed by atoms with Crippen LogP contribution in [-0.4, -0.2) is 37.7 Å². The Morgan fingerprint density at radius 3 is 2.50 bits per heavy atom. The quantitative estimate of drug-likeness (QED) is 0.832. The number of carbonyl (C=O) groups excluding carboxylic acids is 1. The molecule has 3 nitrogen and oxygen atoms in total. The summed E-state index contributed by atoms with van der Waals surface area (Å²) in [6.45, 7) is -0.0152. The van der Waals surface area contributed by atoms with Gasteiger partial charge in [0.15, 0.2) is 0 Å². The van der Waals surface area contributed by atoms with Crippen molar-refractivity contribution in [1.82, 2.24) is 4.90 Å². The average Bonchev–Trinajstić information content (AvgIpc) is 2.34. The standard InChI is InChI=1S/C12H14F3NO2/c1-16(11(17)12(13,14)15)8-7-9-5-3-4-6-10(9)18-2/h3-6H,7-8H2,1-2H3. The summed E-state index contributed by atoms with van der Waals surface area (Å²) in [5.41, 5.74) is 0.766. The topological polar surface area (TPSA) is 29.5 Å². The van der Waals surface area contributed by atoms with Crippen LogP contribution >= 0.6 is 0 Å². The molecule has 0 saturated carbocycles. The van der Waals surface area contributed by atoms with Crippen LogP contribution in [0, 0.1) is 0 Å². The molecule has 0 radical (unpaired) electrons. The van der Waals surface area contributed by atoms with Gasteiger partial charge in [-0.1, -0.05) is 18.2 Å². The molecule has 0 fully saturated rings. The molecule has 0 saturated heterocycles. The van der Waals surface area contributed by atoms with Crippen LogP contribution in [0.2, 0.25) is 0 Å². The van der Waals surface area contributed by atoms with Crippen LogP contribution in [0.4, 0.5) is 13.2 Å². The Morgan fingerprint density at radius 1 is 1.33 bits per heavy atom. The second kappa shape index (κ2) is 5.75. The van der Waals surface area contributed by atoms with Gasteiger partial charge < -0.3 is 9.64 Å². The van der Waals surface area contributed by atoms with Gasteiger partial charge in [-0.3, -0.25) is 4.79 Å². The average molecular weight is 261 g/mol. The molecule has 0 aliphatic carbocycles. The monoisotopic (exact) mass is 261 g/mol. The van der Waals surface area contributed by atoms with Gasteiger partial charge in [0.25, 0.3) is 0 Å². The van der Waals surface area contributed by atoms with Crippen LogP contribution in [0.3, 0.4) is 0 Å². The summed E-state index contributed by atoms with van der Waals surface area (Å²) in [6.07, 6.45) is -4.52. The number of halogens is 3.